The van der Waals surface area contributed by atoms with E-state index in [1.54, 1.807) is 4.68 Å². The molecule has 0 aromatic carbocycles. The number of nitrogens with one attached hydrogen (secondary N) is 1. The minimum Gasteiger partial charge on any atom is -0.409 e. The number of hydrogen-bond acceptors (Lipinski definition) is 4. The number of aromatic nitrogens is 2. The number of amidine groups is 1. The molecule has 19 heavy (non-hydrogen) atoms. The van der Waals surface area contributed by atoms with Gasteiger partial charge in [-0.2, -0.15) is 5.10 Å². The van der Waals surface area contributed by atoms with Crippen LogP contribution in [-0.4, -0.2) is 27.4 Å². The third-order valence-corrected chi connectivity index (χ3v) is 3.36. The summed E-state index contributed by atoms with van der Waals surface area (Å²) in [5.74, 6) is 0.295. The monoisotopic (exact) mass is 267 g/mol. The third-order valence-electron chi connectivity index (χ3n) is 3.36. The number of unbranched alkanes of at least 4 members (excludes halogenated alkanes) is 1. The summed E-state index contributed by atoms with van der Waals surface area (Å²) < 4.78 is 1.80. The molecule has 0 radical (unpaired) electrons. The quantitative estimate of drug-likeness (QED) is 0.232. The number of nitrogens with two attached hydrogens (primary N) is 1. The van der Waals surface area contributed by atoms with Gasteiger partial charge in [-0.25, -0.2) is 0 Å². The van der Waals surface area contributed by atoms with Gasteiger partial charge in [-0.15, -0.1) is 0 Å². The molecule has 0 saturated carbocycles. The van der Waals surface area contributed by atoms with Crippen molar-refractivity contribution in [1.29, 1.82) is 0 Å². The summed E-state index contributed by atoms with van der Waals surface area (Å²) >= 11 is 0. The van der Waals surface area contributed by atoms with Crippen LogP contribution in [0.15, 0.2) is 11.4 Å². The molecule has 0 aliphatic heterocycles. The van der Waals surface area contributed by atoms with E-state index in [0.29, 0.717) is 5.84 Å². The zero-order valence-corrected chi connectivity index (χ0v) is 12.3. The van der Waals surface area contributed by atoms with Crippen molar-refractivity contribution in [2.45, 2.75) is 40.0 Å². The normalized spacial score (nSPS) is 12.7. The topological polar surface area (TPSA) is 88.5 Å². The Labute approximate surface area is 114 Å². The Hall–Kier alpha value is -1.72. The fraction of sp³-hybridized carbons (Fsp3) is 0.692. The minimum atomic E-state index is -0.251. The SMILES string of the molecule is Cc1nn(C)cc1NCCCCC(C)(C)/C(N)=N/O. The Kier molecular flexibility index (Phi) is 5.20. The van der Waals surface area contributed by atoms with Gasteiger partial charge in [0.2, 0.25) is 0 Å². The molecule has 6 heteroatoms. The average molecular weight is 267 g/mol. The van der Waals surface area contributed by atoms with Gasteiger partial charge >= 0.3 is 0 Å². The largest absolute Gasteiger partial charge is 0.409 e. The molecule has 4 N–H and O–H groups in total. The first-order valence-electron chi connectivity index (χ1n) is 6.59. The molecule has 1 aromatic rings. The second-order valence-corrected chi connectivity index (χ2v) is 5.55. The van der Waals surface area contributed by atoms with Crippen LogP contribution in [0.4, 0.5) is 5.69 Å². The number of anilines is 1. The summed E-state index contributed by atoms with van der Waals surface area (Å²) in [5, 5.41) is 19.4. The van der Waals surface area contributed by atoms with E-state index in [-0.39, 0.29) is 5.41 Å². The Balaban J connectivity index is 2.27. The van der Waals surface area contributed by atoms with Crippen molar-refractivity contribution < 1.29 is 5.21 Å². The summed E-state index contributed by atoms with van der Waals surface area (Å²) in [5.41, 5.74) is 7.50. The summed E-state index contributed by atoms with van der Waals surface area (Å²) in [6.45, 7) is 6.87. The predicted molar refractivity (Wildman–Crippen MR) is 77.5 cm³/mol. The fourth-order valence-electron chi connectivity index (χ4n) is 1.95. The second kappa shape index (κ2) is 6.45. The minimum absolute atomic E-state index is 0.251. The summed E-state index contributed by atoms with van der Waals surface area (Å²) in [6.07, 6.45) is 4.94. The maximum absolute atomic E-state index is 8.70. The Morgan fingerprint density at radius 1 is 1.53 bits per heavy atom. The molecular formula is C13H25N5O. The van der Waals surface area contributed by atoms with Crippen LogP contribution in [0, 0.1) is 12.3 Å². The van der Waals surface area contributed by atoms with E-state index < -0.39 is 0 Å². The first-order valence-corrected chi connectivity index (χ1v) is 6.59. The van der Waals surface area contributed by atoms with Crippen LogP contribution in [0.25, 0.3) is 0 Å². The molecule has 0 bridgehead atoms. The molecule has 108 valence electrons. The van der Waals surface area contributed by atoms with Crippen LogP contribution < -0.4 is 11.1 Å². The number of rotatable bonds is 7. The van der Waals surface area contributed by atoms with Gasteiger partial charge in [0.25, 0.3) is 0 Å². The van der Waals surface area contributed by atoms with Gasteiger partial charge in [-0.3, -0.25) is 4.68 Å². The molecule has 0 saturated heterocycles. The van der Waals surface area contributed by atoms with E-state index in [9.17, 15) is 0 Å². The summed E-state index contributed by atoms with van der Waals surface area (Å²) in [6, 6.07) is 0. The van der Waals surface area contributed by atoms with Crippen molar-refractivity contribution in [3.8, 4) is 0 Å². The highest BCUT2D eigenvalue weighted by Crippen LogP contribution is 2.23. The number of oxime groups is 1. The van der Waals surface area contributed by atoms with Gasteiger partial charge in [-0.05, 0) is 19.8 Å². The lowest BCUT2D eigenvalue weighted by Gasteiger charge is -2.22. The Bertz CT molecular complexity index is 436. The molecular weight excluding hydrogens is 242 g/mol. The summed E-state index contributed by atoms with van der Waals surface area (Å²) in [4.78, 5) is 0. The predicted octanol–water partition coefficient (Wildman–Crippen LogP) is 2.08. The third kappa shape index (κ3) is 4.46. The van der Waals surface area contributed by atoms with E-state index >= 15 is 0 Å². The average Bonchev–Trinajstić information content (AvgIpc) is 2.66. The molecule has 0 atom stereocenters. The Morgan fingerprint density at radius 3 is 2.74 bits per heavy atom. The van der Waals surface area contributed by atoms with Gasteiger partial charge in [0.1, 0.15) is 5.84 Å². The molecule has 0 aliphatic carbocycles. The highest BCUT2D eigenvalue weighted by molar-refractivity contribution is 5.85. The van der Waals surface area contributed by atoms with Crippen molar-refractivity contribution >= 4 is 11.5 Å². The lowest BCUT2D eigenvalue weighted by atomic mass is 9.86. The number of hydrogen-bond donors (Lipinski definition) is 3. The molecule has 1 heterocycles. The maximum atomic E-state index is 8.70. The van der Waals surface area contributed by atoms with E-state index in [0.717, 1.165) is 37.2 Å². The fourth-order valence-corrected chi connectivity index (χ4v) is 1.95. The zero-order valence-electron chi connectivity index (χ0n) is 12.3. The van der Waals surface area contributed by atoms with Crippen molar-refractivity contribution in [3.05, 3.63) is 11.9 Å². The molecule has 0 amide bonds. The first kappa shape index (κ1) is 15.3. The van der Waals surface area contributed by atoms with Gasteiger partial charge in [0, 0.05) is 25.2 Å². The van der Waals surface area contributed by atoms with Crippen LogP contribution in [0.3, 0.4) is 0 Å². The van der Waals surface area contributed by atoms with Crippen LogP contribution in [0.1, 0.15) is 38.8 Å². The van der Waals surface area contributed by atoms with E-state index in [2.05, 4.69) is 15.6 Å². The standard InChI is InChI=1S/C13H25N5O/c1-10-11(9-18(4)16-10)15-8-6-5-7-13(2,3)12(14)17-19/h9,15,19H,5-8H2,1-4H3,(H2,14,17). The molecule has 0 spiro atoms. The van der Waals surface area contributed by atoms with Crippen LogP contribution in [0.2, 0.25) is 0 Å². The van der Waals surface area contributed by atoms with E-state index in [1.165, 1.54) is 0 Å². The van der Waals surface area contributed by atoms with Crippen LogP contribution >= 0.6 is 0 Å². The number of aryl methyl sites for hydroxylation is 2. The van der Waals surface area contributed by atoms with Gasteiger partial charge < -0.3 is 16.3 Å². The van der Waals surface area contributed by atoms with E-state index in [1.807, 2.05) is 34.0 Å². The smallest absolute Gasteiger partial charge is 0.144 e. The number of nitrogens with zero attached hydrogens (tertiary/aromatic N) is 3. The molecule has 1 rings (SSSR count). The lowest BCUT2D eigenvalue weighted by Crippen LogP contribution is -2.31. The van der Waals surface area contributed by atoms with Gasteiger partial charge in [0.05, 0.1) is 11.4 Å². The van der Waals surface area contributed by atoms with Crippen molar-refractivity contribution in [2.24, 2.45) is 23.4 Å². The maximum Gasteiger partial charge on any atom is 0.144 e. The van der Waals surface area contributed by atoms with Gasteiger partial charge in [0.15, 0.2) is 0 Å². The summed E-state index contributed by atoms with van der Waals surface area (Å²) in [7, 11) is 1.91. The zero-order chi connectivity index (χ0) is 14.5. The van der Waals surface area contributed by atoms with E-state index in [4.69, 9.17) is 10.9 Å². The van der Waals surface area contributed by atoms with Gasteiger partial charge in [-0.1, -0.05) is 25.4 Å². The Morgan fingerprint density at radius 2 is 2.21 bits per heavy atom. The van der Waals surface area contributed by atoms with Crippen LogP contribution in [-0.2, 0) is 7.05 Å². The van der Waals surface area contributed by atoms with Crippen LogP contribution in [0.5, 0.6) is 0 Å². The van der Waals surface area contributed by atoms with Crippen molar-refractivity contribution in [1.82, 2.24) is 9.78 Å². The molecule has 0 unspecified atom stereocenters. The molecule has 0 aliphatic rings. The molecule has 6 nitrogen and oxygen atoms in total. The van der Waals surface area contributed by atoms with Crippen molar-refractivity contribution in [2.75, 3.05) is 11.9 Å². The molecule has 0 fully saturated rings. The first-order chi connectivity index (χ1) is 8.86. The highest BCUT2D eigenvalue weighted by atomic mass is 16.4. The highest BCUT2D eigenvalue weighted by Gasteiger charge is 2.22. The van der Waals surface area contributed by atoms with Crippen molar-refractivity contribution in [3.63, 3.8) is 0 Å². The molecule has 1 aromatic heterocycles. The lowest BCUT2D eigenvalue weighted by molar-refractivity contribution is 0.304. The second-order valence-electron chi connectivity index (χ2n) is 5.55.